The van der Waals surface area contributed by atoms with Gasteiger partial charge in [-0.05, 0) is 37.6 Å². The van der Waals surface area contributed by atoms with Crippen molar-refractivity contribution in [1.82, 2.24) is 5.43 Å². The van der Waals surface area contributed by atoms with Crippen LogP contribution in [0.2, 0.25) is 0 Å². The molecule has 8 nitrogen and oxygen atoms in total. The first-order chi connectivity index (χ1) is 11.9. The molecule has 8 heteroatoms. The molecule has 0 saturated heterocycles. The molecule has 0 aliphatic rings. The molecular formula is C17H18N4O4. The van der Waals surface area contributed by atoms with Crippen LogP contribution in [0.15, 0.2) is 47.6 Å². The normalized spacial score (nSPS) is 11.9. The van der Waals surface area contributed by atoms with Gasteiger partial charge in [-0.2, -0.15) is 5.10 Å². The maximum atomic E-state index is 12.0. The van der Waals surface area contributed by atoms with E-state index in [1.165, 1.54) is 18.2 Å². The molecule has 2 aromatic rings. The molecule has 0 saturated carbocycles. The van der Waals surface area contributed by atoms with Crippen LogP contribution in [-0.4, -0.2) is 28.2 Å². The number of aryl methyl sites for hydroxylation is 1. The van der Waals surface area contributed by atoms with Gasteiger partial charge in [0.05, 0.1) is 11.1 Å². The molecule has 2 aromatic carbocycles. The number of hydrogen-bond acceptors (Lipinski definition) is 6. The van der Waals surface area contributed by atoms with Crippen LogP contribution in [-0.2, 0) is 4.79 Å². The van der Waals surface area contributed by atoms with Gasteiger partial charge in [-0.3, -0.25) is 14.9 Å². The summed E-state index contributed by atoms with van der Waals surface area (Å²) in [7, 11) is 0. The molecule has 1 atom stereocenters. The average Bonchev–Trinajstić information content (AvgIpc) is 2.56. The number of benzene rings is 2. The zero-order valence-electron chi connectivity index (χ0n) is 13.8. The lowest BCUT2D eigenvalue weighted by Gasteiger charge is -2.13. The van der Waals surface area contributed by atoms with Crippen LogP contribution in [0.3, 0.4) is 0 Å². The van der Waals surface area contributed by atoms with Gasteiger partial charge in [0, 0.05) is 23.4 Å². The second-order valence-electron chi connectivity index (χ2n) is 5.47. The second-order valence-corrected chi connectivity index (χ2v) is 5.47. The number of nitrogens with one attached hydrogen (secondary N) is 2. The number of phenols is 1. The van der Waals surface area contributed by atoms with Gasteiger partial charge >= 0.3 is 0 Å². The Hall–Kier alpha value is -3.42. The van der Waals surface area contributed by atoms with Gasteiger partial charge in [0.25, 0.3) is 11.6 Å². The van der Waals surface area contributed by atoms with Crippen molar-refractivity contribution in [2.75, 3.05) is 5.32 Å². The number of amides is 1. The summed E-state index contributed by atoms with van der Waals surface area (Å²) in [4.78, 5) is 22.2. The predicted octanol–water partition coefficient (Wildman–Crippen LogP) is 2.56. The topological polar surface area (TPSA) is 117 Å². The van der Waals surface area contributed by atoms with E-state index in [4.69, 9.17) is 0 Å². The molecule has 25 heavy (non-hydrogen) atoms. The van der Waals surface area contributed by atoms with E-state index in [1.54, 1.807) is 6.92 Å². The fourth-order valence-corrected chi connectivity index (χ4v) is 2.07. The molecule has 0 heterocycles. The Balaban J connectivity index is 1.98. The Kier molecular flexibility index (Phi) is 5.67. The summed E-state index contributed by atoms with van der Waals surface area (Å²) in [6.07, 6.45) is 1.15. The molecule has 0 fully saturated rings. The van der Waals surface area contributed by atoms with Gasteiger partial charge in [-0.1, -0.05) is 12.1 Å². The highest BCUT2D eigenvalue weighted by Crippen LogP contribution is 2.21. The van der Waals surface area contributed by atoms with Gasteiger partial charge in [0.2, 0.25) is 0 Å². The van der Waals surface area contributed by atoms with E-state index in [9.17, 15) is 20.0 Å². The first-order valence-electron chi connectivity index (χ1n) is 7.50. The molecule has 130 valence electrons. The molecule has 3 N–H and O–H groups in total. The van der Waals surface area contributed by atoms with E-state index in [0.29, 0.717) is 0 Å². The smallest absolute Gasteiger partial charge is 0.270 e. The van der Waals surface area contributed by atoms with Crippen molar-refractivity contribution in [1.29, 1.82) is 0 Å². The summed E-state index contributed by atoms with van der Waals surface area (Å²) in [5.74, 6) is -0.558. The maximum absolute atomic E-state index is 12.0. The molecule has 1 amide bonds. The largest absolute Gasteiger partial charge is 0.507 e. The maximum Gasteiger partial charge on any atom is 0.270 e. The van der Waals surface area contributed by atoms with Crippen molar-refractivity contribution in [2.45, 2.75) is 19.9 Å². The molecule has 0 aromatic heterocycles. The third-order valence-electron chi connectivity index (χ3n) is 3.39. The van der Waals surface area contributed by atoms with Crippen molar-refractivity contribution in [3.05, 3.63) is 63.7 Å². The molecule has 1 unspecified atom stereocenters. The highest BCUT2D eigenvalue weighted by Gasteiger charge is 2.12. The molecule has 2 rings (SSSR count). The third-order valence-corrected chi connectivity index (χ3v) is 3.39. The van der Waals surface area contributed by atoms with Gasteiger partial charge in [-0.15, -0.1) is 0 Å². The molecule has 0 aliphatic carbocycles. The number of carbonyl (C=O) groups excluding carboxylic acids is 1. The summed E-state index contributed by atoms with van der Waals surface area (Å²) in [6, 6.07) is 10.6. The summed E-state index contributed by atoms with van der Waals surface area (Å²) >= 11 is 0. The summed E-state index contributed by atoms with van der Waals surface area (Å²) in [6.45, 7) is 3.63. The van der Waals surface area contributed by atoms with Crippen molar-refractivity contribution < 1.29 is 14.8 Å². The van der Waals surface area contributed by atoms with Gasteiger partial charge < -0.3 is 10.4 Å². The molecule has 0 radical (unpaired) electrons. The Bertz CT molecular complexity index is 820. The van der Waals surface area contributed by atoms with Crippen LogP contribution >= 0.6 is 0 Å². The minimum Gasteiger partial charge on any atom is -0.507 e. The minimum atomic E-state index is -0.580. The zero-order chi connectivity index (χ0) is 18.4. The number of rotatable bonds is 6. The standard InChI is InChI=1S/C17H18N4O4/c1-11-4-3-5-14(8-11)19-12(2)17(23)20-18-10-13-9-15(21(24)25)6-7-16(13)22/h3-10,12,19,22H,1-2H3,(H,20,23). The lowest BCUT2D eigenvalue weighted by atomic mass is 10.2. The lowest BCUT2D eigenvalue weighted by molar-refractivity contribution is -0.384. The number of hydrogen-bond donors (Lipinski definition) is 3. The van der Waals surface area contributed by atoms with Crippen molar-refractivity contribution >= 4 is 23.5 Å². The van der Waals surface area contributed by atoms with Gasteiger partial charge in [-0.25, -0.2) is 5.43 Å². The third kappa shape index (κ3) is 5.03. The average molecular weight is 342 g/mol. The highest BCUT2D eigenvalue weighted by molar-refractivity contribution is 5.88. The fourth-order valence-electron chi connectivity index (χ4n) is 2.07. The summed E-state index contributed by atoms with van der Waals surface area (Å²) in [5.41, 5.74) is 4.16. The van der Waals surface area contributed by atoms with E-state index in [2.05, 4.69) is 15.8 Å². The van der Waals surface area contributed by atoms with Crippen molar-refractivity contribution in [3.63, 3.8) is 0 Å². The van der Waals surface area contributed by atoms with E-state index >= 15 is 0 Å². The van der Waals surface area contributed by atoms with Crippen molar-refractivity contribution in [3.8, 4) is 5.75 Å². The predicted molar refractivity (Wildman–Crippen MR) is 94.8 cm³/mol. The first-order valence-corrected chi connectivity index (χ1v) is 7.50. The summed E-state index contributed by atoms with van der Waals surface area (Å²) < 4.78 is 0. The Morgan fingerprint density at radius 3 is 2.76 bits per heavy atom. The molecule has 0 spiro atoms. The van der Waals surface area contributed by atoms with Crippen LogP contribution in [0.4, 0.5) is 11.4 Å². The SMILES string of the molecule is Cc1cccc(NC(C)C(=O)NN=Cc2cc([N+](=O)[O-])ccc2O)c1. The fraction of sp³-hybridized carbons (Fsp3) is 0.176. The van der Waals surface area contributed by atoms with Crippen LogP contribution in [0.5, 0.6) is 5.75 Å². The number of nitro benzene ring substituents is 1. The molecule has 0 bridgehead atoms. The second kappa shape index (κ2) is 7.91. The number of non-ortho nitro benzene ring substituents is 1. The Labute approximate surface area is 144 Å². The van der Waals surface area contributed by atoms with Gasteiger partial charge in [0.1, 0.15) is 11.8 Å². The monoisotopic (exact) mass is 342 g/mol. The number of anilines is 1. The summed E-state index contributed by atoms with van der Waals surface area (Å²) in [5, 5.41) is 27.2. The van der Waals surface area contributed by atoms with Crippen LogP contribution < -0.4 is 10.7 Å². The number of hydrazone groups is 1. The Morgan fingerprint density at radius 1 is 1.32 bits per heavy atom. The number of carbonyl (C=O) groups is 1. The van der Waals surface area contributed by atoms with Gasteiger partial charge in [0.15, 0.2) is 0 Å². The van der Waals surface area contributed by atoms with Crippen molar-refractivity contribution in [2.24, 2.45) is 5.10 Å². The van der Waals surface area contributed by atoms with E-state index in [-0.39, 0.29) is 22.9 Å². The van der Waals surface area contributed by atoms with Crippen LogP contribution in [0.25, 0.3) is 0 Å². The van der Waals surface area contributed by atoms with Crippen LogP contribution in [0.1, 0.15) is 18.1 Å². The molecule has 0 aliphatic heterocycles. The highest BCUT2D eigenvalue weighted by atomic mass is 16.6. The number of nitro groups is 1. The van der Waals surface area contributed by atoms with E-state index in [1.807, 2.05) is 31.2 Å². The number of phenolic OH excluding ortho intramolecular Hbond substituents is 1. The van der Waals surface area contributed by atoms with E-state index < -0.39 is 11.0 Å². The van der Waals surface area contributed by atoms with Crippen LogP contribution in [0, 0.1) is 17.0 Å². The first kappa shape index (κ1) is 17.9. The number of nitrogens with zero attached hydrogens (tertiary/aromatic N) is 2. The zero-order valence-corrected chi connectivity index (χ0v) is 13.8. The minimum absolute atomic E-state index is 0.133. The molecular weight excluding hydrogens is 324 g/mol. The number of aromatic hydroxyl groups is 1. The quantitative estimate of drug-likeness (QED) is 0.424. The van der Waals surface area contributed by atoms with E-state index in [0.717, 1.165) is 17.5 Å². The Morgan fingerprint density at radius 2 is 2.08 bits per heavy atom. The lowest BCUT2D eigenvalue weighted by Crippen LogP contribution is -2.34.